The molecule has 1 fully saturated rings. The molecule has 1 saturated heterocycles. The molecular weight excluding hydrogens is 485 g/mol. The van der Waals surface area contributed by atoms with Crippen molar-refractivity contribution in [3.05, 3.63) is 79.5 Å². The van der Waals surface area contributed by atoms with Crippen molar-refractivity contribution in [2.75, 3.05) is 19.1 Å². The maximum absolute atomic E-state index is 13.3. The van der Waals surface area contributed by atoms with Crippen LogP contribution in [-0.2, 0) is 9.59 Å². The Bertz CT molecular complexity index is 1290. The summed E-state index contributed by atoms with van der Waals surface area (Å²) in [7, 11) is 2.85. The molecule has 1 N–H and O–H groups in total. The van der Waals surface area contributed by atoms with Crippen LogP contribution in [0.4, 0.5) is 5.69 Å². The molecule has 6 nitrogen and oxygen atoms in total. The van der Waals surface area contributed by atoms with Gasteiger partial charge in [-0.2, -0.15) is 0 Å². The van der Waals surface area contributed by atoms with Crippen LogP contribution in [0.25, 0.3) is 5.76 Å². The van der Waals surface area contributed by atoms with Crippen LogP contribution < -0.4 is 14.4 Å². The molecule has 3 aromatic rings. The zero-order chi connectivity index (χ0) is 23.9. The van der Waals surface area contributed by atoms with Gasteiger partial charge in [0.1, 0.15) is 23.3 Å². The van der Waals surface area contributed by atoms with Crippen LogP contribution in [0.15, 0.2) is 53.4 Å². The Kier molecular flexibility index (Phi) is 6.38. The fraction of sp³-hybridized carbons (Fsp3) is 0.167. The topological polar surface area (TPSA) is 76.1 Å². The molecule has 1 unspecified atom stereocenters. The molecule has 1 amide bonds. The molecule has 1 atom stereocenters. The van der Waals surface area contributed by atoms with Gasteiger partial charge < -0.3 is 14.6 Å². The number of thiophene rings is 1. The average Bonchev–Trinajstić information content (AvgIpc) is 3.40. The number of carbonyl (C=O) groups excluding carboxylic acids is 2. The molecule has 9 heteroatoms. The van der Waals surface area contributed by atoms with Crippen molar-refractivity contribution in [2.45, 2.75) is 13.0 Å². The number of benzene rings is 2. The maximum Gasteiger partial charge on any atom is 0.300 e. The van der Waals surface area contributed by atoms with Crippen LogP contribution in [0.3, 0.4) is 0 Å². The Balaban J connectivity index is 1.99. The number of aliphatic hydroxyl groups is 1. The van der Waals surface area contributed by atoms with Gasteiger partial charge in [-0.25, -0.2) is 0 Å². The van der Waals surface area contributed by atoms with Gasteiger partial charge in [0, 0.05) is 21.7 Å². The first kappa shape index (κ1) is 23.2. The quantitative estimate of drug-likeness (QED) is 0.262. The first-order chi connectivity index (χ1) is 15.8. The van der Waals surface area contributed by atoms with Crippen LogP contribution in [0, 0.1) is 6.92 Å². The predicted octanol–water partition coefficient (Wildman–Crippen LogP) is 6.01. The molecule has 1 aliphatic rings. The van der Waals surface area contributed by atoms with Gasteiger partial charge in [0.05, 0.1) is 30.4 Å². The van der Waals surface area contributed by atoms with E-state index in [2.05, 4.69) is 0 Å². The monoisotopic (exact) mass is 503 g/mol. The van der Waals surface area contributed by atoms with Crippen LogP contribution in [0.2, 0.25) is 10.0 Å². The van der Waals surface area contributed by atoms with E-state index in [1.54, 1.807) is 25.1 Å². The summed E-state index contributed by atoms with van der Waals surface area (Å²) in [5.74, 6) is -1.42. The molecule has 0 saturated carbocycles. The SMILES string of the molecule is COc1cc(/C(O)=C2\C(=O)C(=O)N(c3ccc(Cl)cc3C)C2c2cccs2)c(OC)cc1Cl. The summed E-state index contributed by atoms with van der Waals surface area (Å²) >= 11 is 13.7. The third-order valence-electron chi connectivity index (χ3n) is 5.40. The second-order valence-electron chi connectivity index (χ2n) is 7.30. The van der Waals surface area contributed by atoms with E-state index in [0.717, 1.165) is 5.56 Å². The molecule has 4 rings (SSSR count). The van der Waals surface area contributed by atoms with Gasteiger partial charge in [-0.1, -0.05) is 29.3 Å². The number of amides is 1. The summed E-state index contributed by atoms with van der Waals surface area (Å²) in [5, 5.41) is 14.0. The predicted molar refractivity (Wildman–Crippen MR) is 130 cm³/mol. The molecule has 170 valence electrons. The molecule has 2 aromatic carbocycles. The third kappa shape index (κ3) is 3.97. The number of nitrogens with zero attached hydrogens (tertiary/aromatic N) is 1. The summed E-state index contributed by atoms with van der Waals surface area (Å²) in [4.78, 5) is 28.6. The molecule has 1 aliphatic heterocycles. The summed E-state index contributed by atoms with van der Waals surface area (Å²) < 4.78 is 10.7. The normalized spacial score (nSPS) is 17.5. The maximum atomic E-state index is 13.3. The number of aliphatic hydroxyl groups excluding tert-OH is 1. The average molecular weight is 504 g/mol. The Hall–Kier alpha value is -3.00. The standard InChI is InChI=1S/C24H19Cl2NO5S/c1-12-9-13(25)6-7-16(12)27-21(19-5-4-8-33-19)20(23(29)24(27)30)22(28)14-10-18(32-3)15(26)11-17(14)31-2/h4-11,21,28H,1-3H3/b22-20+. The van der Waals surface area contributed by atoms with Gasteiger partial charge in [0.2, 0.25) is 0 Å². The van der Waals surface area contributed by atoms with Gasteiger partial charge in [-0.05, 0) is 48.2 Å². The molecule has 2 heterocycles. The minimum atomic E-state index is -0.837. The highest BCUT2D eigenvalue weighted by Gasteiger charge is 2.48. The highest BCUT2D eigenvalue weighted by molar-refractivity contribution is 7.10. The van der Waals surface area contributed by atoms with Gasteiger partial charge >= 0.3 is 0 Å². The van der Waals surface area contributed by atoms with E-state index in [0.29, 0.717) is 15.6 Å². The van der Waals surface area contributed by atoms with Crippen molar-refractivity contribution in [3.63, 3.8) is 0 Å². The lowest BCUT2D eigenvalue weighted by Crippen LogP contribution is -2.29. The van der Waals surface area contributed by atoms with E-state index in [9.17, 15) is 14.7 Å². The molecule has 33 heavy (non-hydrogen) atoms. The van der Waals surface area contributed by atoms with E-state index < -0.39 is 17.7 Å². The number of ketones is 1. The summed E-state index contributed by atoms with van der Waals surface area (Å²) in [6, 6.07) is 10.8. The highest BCUT2D eigenvalue weighted by Crippen LogP contribution is 2.46. The Morgan fingerprint density at radius 3 is 2.39 bits per heavy atom. The molecule has 0 bridgehead atoms. The number of anilines is 1. The minimum Gasteiger partial charge on any atom is -0.507 e. The lowest BCUT2D eigenvalue weighted by molar-refractivity contribution is -0.132. The van der Waals surface area contributed by atoms with Crippen molar-refractivity contribution in [2.24, 2.45) is 0 Å². The molecular formula is C24H19Cl2NO5S. The molecule has 0 aliphatic carbocycles. The molecule has 0 radical (unpaired) electrons. The highest BCUT2D eigenvalue weighted by atomic mass is 35.5. The fourth-order valence-corrected chi connectivity index (χ4v) is 5.16. The number of carbonyl (C=O) groups is 2. The summed E-state index contributed by atoms with van der Waals surface area (Å²) in [6.45, 7) is 1.80. The smallest absolute Gasteiger partial charge is 0.300 e. The number of hydrogen-bond acceptors (Lipinski definition) is 6. The van der Waals surface area contributed by atoms with E-state index in [1.165, 1.54) is 42.6 Å². The number of hydrogen-bond donors (Lipinski definition) is 1. The van der Waals surface area contributed by atoms with Crippen LogP contribution >= 0.6 is 34.5 Å². The minimum absolute atomic E-state index is 0.0560. The number of rotatable bonds is 5. The first-order valence-electron chi connectivity index (χ1n) is 9.81. The van der Waals surface area contributed by atoms with Crippen LogP contribution in [0.5, 0.6) is 11.5 Å². The van der Waals surface area contributed by atoms with Crippen molar-refractivity contribution >= 4 is 57.7 Å². The van der Waals surface area contributed by atoms with Gasteiger partial charge in [-0.15, -0.1) is 11.3 Å². The van der Waals surface area contributed by atoms with Crippen LogP contribution in [0.1, 0.15) is 22.0 Å². The number of methoxy groups -OCH3 is 2. The van der Waals surface area contributed by atoms with Gasteiger partial charge in [-0.3, -0.25) is 14.5 Å². The van der Waals surface area contributed by atoms with Crippen molar-refractivity contribution in [1.29, 1.82) is 0 Å². The van der Waals surface area contributed by atoms with Crippen molar-refractivity contribution in [1.82, 2.24) is 0 Å². The molecule has 1 aromatic heterocycles. The van der Waals surface area contributed by atoms with E-state index in [4.69, 9.17) is 32.7 Å². The van der Waals surface area contributed by atoms with E-state index in [1.807, 2.05) is 17.5 Å². The zero-order valence-corrected chi connectivity index (χ0v) is 20.2. The van der Waals surface area contributed by atoms with Crippen molar-refractivity contribution < 1.29 is 24.2 Å². The van der Waals surface area contributed by atoms with E-state index in [-0.39, 0.29) is 33.4 Å². The number of halogens is 2. The second kappa shape index (κ2) is 9.09. The third-order valence-corrected chi connectivity index (χ3v) is 6.86. The Morgan fingerprint density at radius 1 is 1.06 bits per heavy atom. The Morgan fingerprint density at radius 2 is 1.79 bits per heavy atom. The summed E-state index contributed by atoms with van der Waals surface area (Å²) in [5.41, 5.74) is 1.38. The lowest BCUT2D eigenvalue weighted by Gasteiger charge is -2.26. The van der Waals surface area contributed by atoms with Gasteiger partial charge in [0.15, 0.2) is 0 Å². The Labute approximate surface area is 204 Å². The first-order valence-corrected chi connectivity index (χ1v) is 11.4. The second-order valence-corrected chi connectivity index (χ2v) is 9.13. The molecule has 0 spiro atoms. The number of aryl methyl sites for hydroxylation is 1. The summed E-state index contributed by atoms with van der Waals surface area (Å²) in [6.07, 6.45) is 0. The van der Waals surface area contributed by atoms with Crippen molar-refractivity contribution in [3.8, 4) is 11.5 Å². The van der Waals surface area contributed by atoms with Crippen LogP contribution in [-0.4, -0.2) is 31.0 Å². The van der Waals surface area contributed by atoms with Gasteiger partial charge in [0.25, 0.3) is 11.7 Å². The number of Topliss-reactive ketones (excluding diaryl/α,β-unsaturated/α-hetero) is 1. The number of ether oxygens (including phenoxy) is 2. The zero-order valence-electron chi connectivity index (χ0n) is 17.9. The largest absolute Gasteiger partial charge is 0.507 e. The fourth-order valence-electron chi connectivity index (χ4n) is 3.88. The lowest BCUT2D eigenvalue weighted by atomic mass is 9.98. The van der Waals surface area contributed by atoms with E-state index >= 15 is 0 Å².